The number of carbonyl (C=O) groups excluding carboxylic acids is 1. The van der Waals surface area contributed by atoms with Gasteiger partial charge in [0.25, 0.3) is 0 Å². The van der Waals surface area contributed by atoms with Gasteiger partial charge < -0.3 is 9.88 Å². The fraction of sp³-hybridized carbons (Fsp3) is 0.143. The van der Waals surface area contributed by atoms with Gasteiger partial charge >= 0.3 is 0 Å². The van der Waals surface area contributed by atoms with Gasteiger partial charge in [-0.3, -0.25) is 4.79 Å². The maximum atomic E-state index is 13.9. The fourth-order valence-corrected chi connectivity index (χ4v) is 2.01. The first-order valence-corrected chi connectivity index (χ1v) is 6.61. The monoisotopic (exact) mass is 300 g/mol. The molecule has 0 aliphatic rings. The van der Waals surface area contributed by atoms with Crippen molar-refractivity contribution in [2.24, 2.45) is 0 Å². The maximum Gasteiger partial charge on any atom is 0.247 e. The van der Waals surface area contributed by atoms with Crippen molar-refractivity contribution in [1.82, 2.24) is 24.8 Å². The number of hydrogen-bond donors (Lipinski definition) is 1. The number of tetrazole rings is 1. The van der Waals surface area contributed by atoms with E-state index in [1.807, 2.05) is 12.1 Å². The standard InChI is InChI=1S/C14H13FN6O/c1-10(20-6-2-3-7-20)14(22)17-13-8-11(4-5-12(13)15)21-9-16-18-19-21/h2-10H,1H3,(H,17,22)/t10-/m1/s1. The van der Waals surface area contributed by atoms with Crippen molar-refractivity contribution in [3.05, 3.63) is 54.9 Å². The minimum absolute atomic E-state index is 0.0806. The molecule has 3 rings (SSSR count). The van der Waals surface area contributed by atoms with E-state index in [0.717, 1.165) is 0 Å². The molecule has 0 aliphatic heterocycles. The summed E-state index contributed by atoms with van der Waals surface area (Å²) >= 11 is 0. The Morgan fingerprint density at radius 1 is 1.32 bits per heavy atom. The molecular formula is C14H13FN6O. The summed E-state index contributed by atoms with van der Waals surface area (Å²) in [7, 11) is 0. The molecule has 0 unspecified atom stereocenters. The number of hydrogen-bond acceptors (Lipinski definition) is 4. The van der Waals surface area contributed by atoms with Crippen LogP contribution < -0.4 is 5.32 Å². The predicted octanol–water partition coefficient (Wildman–Crippen LogP) is 1.80. The van der Waals surface area contributed by atoms with E-state index in [4.69, 9.17) is 0 Å². The van der Waals surface area contributed by atoms with E-state index in [1.54, 1.807) is 23.9 Å². The molecule has 0 bridgehead atoms. The van der Waals surface area contributed by atoms with Crippen molar-refractivity contribution in [2.75, 3.05) is 5.32 Å². The van der Waals surface area contributed by atoms with Crippen LogP contribution >= 0.6 is 0 Å². The zero-order valence-corrected chi connectivity index (χ0v) is 11.7. The van der Waals surface area contributed by atoms with Crippen molar-refractivity contribution in [3.8, 4) is 5.69 Å². The molecule has 112 valence electrons. The molecule has 8 heteroatoms. The third kappa shape index (κ3) is 2.71. The third-order valence-corrected chi connectivity index (χ3v) is 3.28. The number of rotatable bonds is 4. The highest BCUT2D eigenvalue weighted by molar-refractivity contribution is 5.93. The lowest BCUT2D eigenvalue weighted by Gasteiger charge is -2.14. The molecule has 1 atom stereocenters. The van der Waals surface area contributed by atoms with E-state index in [-0.39, 0.29) is 11.6 Å². The van der Waals surface area contributed by atoms with Gasteiger partial charge in [0.05, 0.1) is 11.4 Å². The molecule has 1 aromatic carbocycles. The van der Waals surface area contributed by atoms with Gasteiger partial charge in [-0.15, -0.1) is 5.10 Å². The fourth-order valence-electron chi connectivity index (χ4n) is 2.01. The second-order valence-electron chi connectivity index (χ2n) is 4.71. The summed E-state index contributed by atoms with van der Waals surface area (Å²) in [5, 5.41) is 13.4. The zero-order chi connectivity index (χ0) is 15.5. The van der Waals surface area contributed by atoms with Crippen LogP contribution in [0.1, 0.15) is 13.0 Å². The van der Waals surface area contributed by atoms with E-state index < -0.39 is 11.9 Å². The number of aromatic nitrogens is 5. The van der Waals surface area contributed by atoms with Gasteiger partial charge in [-0.2, -0.15) is 0 Å². The molecule has 0 saturated carbocycles. The van der Waals surface area contributed by atoms with Crippen molar-refractivity contribution < 1.29 is 9.18 Å². The number of halogens is 1. The summed E-state index contributed by atoms with van der Waals surface area (Å²) in [6.07, 6.45) is 4.94. The Morgan fingerprint density at radius 2 is 2.09 bits per heavy atom. The molecule has 0 spiro atoms. The average Bonchev–Trinajstić information content (AvgIpc) is 3.22. The highest BCUT2D eigenvalue weighted by Gasteiger charge is 2.16. The minimum atomic E-state index is -0.523. The highest BCUT2D eigenvalue weighted by Crippen LogP contribution is 2.20. The normalized spacial score (nSPS) is 12.1. The first-order chi connectivity index (χ1) is 10.6. The van der Waals surface area contributed by atoms with Gasteiger partial charge in [0, 0.05) is 12.4 Å². The number of nitrogens with zero attached hydrogens (tertiary/aromatic N) is 5. The molecular weight excluding hydrogens is 287 g/mol. The Labute approximate surface area is 125 Å². The SMILES string of the molecule is C[C@H](C(=O)Nc1cc(-n2cnnn2)ccc1F)n1cccc1. The molecule has 0 aliphatic carbocycles. The number of anilines is 1. The zero-order valence-electron chi connectivity index (χ0n) is 11.7. The summed E-state index contributed by atoms with van der Waals surface area (Å²) < 4.78 is 17.0. The van der Waals surface area contributed by atoms with Crippen LogP contribution in [0, 0.1) is 5.82 Å². The summed E-state index contributed by atoms with van der Waals surface area (Å²) in [5.74, 6) is -0.839. The van der Waals surface area contributed by atoms with Crippen molar-refractivity contribution in [3.63, 3.8) is 0 Å². The Kier molecular flexibility index (Phi) is 3.65. The van der Waals surface area contributed by atoms with Crippen LogP contribution in [0.2, 0.25) is 0 Å². The Hall–Kier alpha value is -3.03. The predicted molar refractivity (Wildman–Crippen MR) is 76.9 cm³/mol. The molecule has 0 fully saturated rings. The van der Waals surface area contributed by atoms with Gasteiger partial charge in [-0.1, -0.05) is 0 Å². The first kappa shape index (κ1) is 13.9. The molecule has 2 aromatic heterocycles. The summed E-state index contributed by atoms with van der Waals surface area (Å²) in [5.41, 5.74) is 0.632. The van der Waals surface area contributed by atoms with Crippen molar-refractivity contribution >= 4 is 11.6 Å². The summed E-state index contributed by atoms with van der Waals surface area (Å²) in [4.78, 5) is 12.2. The van der Waals surface area contributed by atoms with Gasteiger partial charge in [-0.25, -0.2) is 9.07 Å². The number of amides is 1. The lowest BCUT2D eigenvalue weighted by molar-refractivity contribution is -0.118. The average molecular weight is 300 g/mol. The number of nitrogens with one attached hydrogen (secondary N) is 1. The molecule has 2 heterocycles. The molecule has 7 nitrogen and oxygen atoms in total. The lowest BCUT2D eigenvalue weighted by Crippen LogP contribution is -2.23. The summed E-state index contributed by atoms with van der Waals surface area (Å²) in [6, 6.07) is 7.45. The van der Waals surface area contributed by atoms with Crippen LogP contribution in [0.4, 0.5) is 10.1 Å². The minimum Gasteiger partial charge on any atom is -0.342 e. The van der Waals surface area contributed by atoms with E-state index in [0.29, 0.717) is 5.69 Å². The van der Waals surface area contributed by atoms with Crippen LogP contribution in [-0.2, 0) is 4.79 Å². The van der Waals surface area contributed by atoms with Crippen LogP contribution in [0.25, 0.3) is 5.69 Å². The van der Waals surface area contributed by atoms with Gasteiger partial charge in [0.1, 0.15) is 18.2 Å². The Bertz CT molecular complexity index is 769. The Morgan fingerprint density at radius 3 is 2.77 bits per heavy atom. The molecule has 0 radical (unpaired) electrons. The Balaban J connectivity index is 1.82. The topological polar surface area (TPSA) is 77.6 Å². The van der Waals surface area contributed by atoms with Crippen molar-refractivity contribution in [2.45, 2.75) is 13.0 Å². The van der Waals surface area contributed by atoms with Crippen LogP contribution in [0.5, 0.6) is 0 Å². The third-order valence-electron chi connectivity index (χ3n) is 3.28. The number of carbonyl (C=O) groups is 1. The maximum absolute atomic E-state index is 13.9. The van der Waals surface area contributed by atoms with Gasteiger partial charge in [0.2, 0.25) is 5.91 Å². The quantitative estimate of drug-likeness (QED) is 0.797. The van der Waals surface area contributed by atoms with Crippen molar-refractivity contribution in [1.29, 1.82) is 0 Å². The van der Waals surface area contributed by atoms with E-state index in [1.165, 1.54) is 29.2 Å². The van der Waals surface area contributed by atoms with Crippen LogP contribution in [0.3, 0.4) is 0 Å². The highest BCUT2D eigenvalue weighted by atomic mass is 19.1. The largest absolute Gasteiger partial charge is 0.342 e. The number of benzene rings is 1. The first-order valence-electron chi connectivity index (χ1n) is 6.61. The van der Waals surface area contributed by atoms with Crippen LogP contribution in [0.15, 0.2) is 49.1 Å². The molecule has 1 N–H and O–H groups in total. The van der Waals surface area contributed by atoms with E-state index in [9.17, 15) is 9.18 Å². The second-order valence-corrected chi connectivity index (χ2v) is 4.71. The molecule has 0 saturated heterocycles. The van der Waals surface area contributed by atoms with Gasteiger partial charge in [0.15, 0.2) is 0 Å². The lowest BCUT2D eigenvalue weighted by atomic mass is 10.2. The molecule has 1 amide bonds. The smallest absolute Gasteiger partial charge is 0.247 e. The van der Waals surface area contributed by atoms with E-state index in [2.05, 4.69) is 20.8 Å². The van der Waals surface area contributed by atoms with Gasteiger partial charge in [-0.05, 0) is 47.7 Å². The molecule has 3 aromatic rings. The second kappa shape index (κ2) is 5.76. The molecule has 22 heavy (non-hydrogen) atoms. The van der Waals surface area contributed by atoms with Crippen LogP contribution in [-0.4, -0.2) is 30.7 Å². The summed E-state index contributed by atoms with van der Waals surface area (Å²) in [6.45, 7) is 1.73. The van der Waals surface area contributed by atoms with E-state index >= 15 is 0 Å².